The fourth-order valence-corrected chi connectivity index (χ4v) is 2.15. The number of esters is 1. The fraction of sp³-hybridized carbons (Fsp3) is 0.357. The average molecular weight is 231 g/mol. The van der Waals surface area contributed by atoms with Crippen LogP contribution in [0.25, 0.3) is 0 Å². The first-order valence-electron chi connectivity index (χ1n) is 5.85. The van der Waals surface area contributed by atoms with Gasteiger partial charge in [0.1, 0.15) is 0 Å². The third kappa shape index (κ3) is 3.09. The lowest BCUT2D eigenvalue weighted by molar-refractivity contribution is -0.134. The molecule has 17 heavy (non-hydrogen) atoms. The quantitative estimate of drug-likeness (QED) is 0.590. The Hall–Kier alpha value is -1.77. The van der Waals surface area contributed by atoms with Crippen molar-refractivity contribution in [1.82, 2.24) is 4.90 Å². The number of ether oxygens (including phenoxy) is 1. The molecule has 0 aromatic heterocycles. The van der Waals surface area contributed by atoms with Crippen LogP contribution in [0.4, 0.5) is 0 Å². The predicted octanol–water partition coefficient (Wildman–Crippen LogP) is 2.16. The predicted molar refractivity (Wildman–Crippen MR) is 66.5 cm³/mol. The molecule has 3 heteroatoms. The summed E-state index contributed by atoms with van der Waals surface area (Å²) in [4.78, 5) is 13.1. The second kappa shape index (κ2) is 5.53. The highest BCUT2D eigenvalue weighted by molar-refractivity contribution is 5.81. The maximum atomic E-state index is 11.0. The Labute approximate surface area is 102 Å². The van der Waals surface area contributed by atoms with Gasteiger partial charge in [0.05, 0.1) is 7.11 Å². The van der Waals surface area contributed by atoms with Gasteiger partial charge in [0.15, 0.2) is 0 Å². The zero-order valence-corrected chi connectivity index (χ0v) is 10.0. The van der Waals surface area contributed by atoms with Crippen LogP contribution in [0.15, 0.2) is 42.6 Å². The summed E-state index contributed by atoms with van der Waals surface area (Å²) in [5.41, 5.74) is 1.38. The molecule has 1 aromatic carbocycles. The summed E-state index contributed by atoms with van der Waals surface area (Å²) in [7, 11) is 1.39. The van der Waals surface area contributed by atoms with E-state index in [1.807, 2.05) is 12.3 Å². The van der Waals surface area contributed by atoms with E-state index in [0.29, 0.717) is 5.92 Å². The molecule has 2 rings (SSSR count). The third-order valence-electron chi connectivity index (χ3n) is 3.11. The maximum Gasteiger partial charge on any atom is 0.331 e. The highest BCUT2D eigenvalue weighted by Crippen LogP contribution is 2.26. The van der Waals surface area contributed by atoms with Gasteiger partial charge in [0.25, 0.3) is 0 Å². The normalized spacial score (nSPS) is 19.8. The largest absolute Gasteiger partial charge is 0.466 e. The zero-order valence-electron chi connectivity index (χ0n) is 10.0. The van der Waals surface area contributed by atoms with Gasteiger partial charge < -0.3 is 9.64 Å². The van der Waals surface area contributed by atoms with Crippen LogP contribution in [0, 0.1) is 0 Å². The molecule has 3 nitrogen and oxygen atoms in total. The van der Waals surface area contributed by atoms with E-state index in [1.54, 1.807) is 0 Å². The molecule has 0 spiro atoms. The summed E-state index contributed by atoms with van der Waals surface area (Å²) in [5, 5.41) is 0. The molecule has 1 atom stereocenters. The Morgan fingerprint density at radius 2 is 2.18 bits per heavy atom. The van der Waals surface area contributed by atoms with E-state index in [-0.39, 0.29) is 5.97 Å². The summed E-state index contributed by atoms with van der Waals surface area (Å²) >= 11 is 0. The van der Waals surface area contributed by atoms with Crippen LogP contribution < -0.4 is 0 Å². The Morgan fingerprint density at radius 3 is 2.88 bits per heavy atom. The molecule has 0 N–H and O–H groups in total. The maximum absolute atomic E-state index is 11.0. The molecular formula is C14H17NO2. The van der Waals surface area contributed by atoms with E-state index in [2.05, 4.69) is 33.9 Å². The van der Waals surface area contributed by atoms with E-state index in [4.69, 9.17) is 0 Å². The van der Waals surface area contributed by atoms with Crippen molar-refractivity contribution >= 4 is 5.97 Å². The number of rotatable bonds is 3. The monoisotopic (exact) mass is 231 g/mol. The molecule has 1 saturated heterocycles. The number of carbonyl (C=O) groups is 1. The van der Waals surface area contributed by atoms with Crippen LogP contribution in [-0.2, 0) is 9.53 Å². The van der Waals surface area contributed by atoms with Gasteiger partial charge in [0.2, 0.25) is 0 Å². The number of hydrogen-bond donors (Lipinski definition) is 0. The Balaban J connectivity index is 1.92. The molecule has 0 bridgehead atoms. The summed E-state index contributed by atoms with van der Waals surface area (Å²) in [5.74, 6) is 0.270. The Kier molecular flexibility index (Phi) is 3.81. The summed E-state index contributed by atoms with van der Waals surface area (Å²) in [6.07, 6.45) is 4.44. The van der Waals surface area contributed by atoms with Crippen molar-refractivity contribution in [2.45, 2.75) is 12.3 Å². The molecule has 1 unspecified atom stereocenters. The van der Waals surface area contributed by atoms with Crippen LogP contribution in [0.2, 0.25) is 0 Å². The highest BCUT2D eigenvalue weighted by Gasteiger charge is 2.21. The van der Waals surface area contributed by atoms with Crippen molar-refractivity contribution in [3.8, 4) is 0 Å². The lowest BCUT2D eigenvalue weighted by Crippen LogP contribution is -2.13. The second-order valence-corrected chi connectivity index (χ2v) is 4.23. The molecule has 1 aliphatic heterocycles. The van der Waals surface area contributed by atoms with Crippen molar-refractivity contribution in [3.05, 3.63) is 48.2 Å². The average Bonchev–Trinajstić information content (AvgIpc) is 2.86. The number of nitrogens with zero attached hydrogens (tertiary/aromatic N) is 1. The number of carbonyl (C=O) groups excluding carboxylic acids is 1. The van der Waals surface area contributed by atoms with Gasteiger partial charge in [-0.3, -0.25) is 0 Å². The first kappa shape index (κ1) is 11.7. The topological polar surface area (TPSA) is 29.5 Å². The lowest BCUT2D eigenvalue weighted by atomic mass is 9.99. The fourth-order valence-electron chi connectivity index (χ4n) is 2.15. The van der Waals surface area contributed by atoms with E-state index in [0.717, 1.165) is 19.5 Å². The van der Waals surface area contributed by atoms with E-state index < -0.39 is 0 Å². The summed E-state index contributed by atoms with van der Waals surface area (Å²) < 4.78 is 4.57. The lowest BCUT2D eigenvalue weighted by Gasteiger charge is -2.13. The van der Waals surface area contributed by atoms with Crippen LogP contribution in [0.3, 0.4) is 0 Å². The molecule has 1 heterocycles. The first-order valence-corrected chi connectivity index (χ1v) is 5.85. The highest BCUT2D eigenvalue weighted by atomic mass is 16.5. The van der Waals surface area contributed by atoms with Gasteiger partial charge in [0, 0.05) is 31.3 Å². The number of hydrogen-bond acceptors (Lipinski definition) is 3. The van der Waals surface area contributed by atoms with Gasteiger partial charge in [-0.15, -0.1) is 0 Å². The van der Waals surface area contributed by atoms with Gasteiger partial charge >= 0.3 is 5.97 Å². The van der Waals surface area contributed by atoms with Gasteiger partial charge in [-0.25, -0.2) is 4.79 Å². The van der Waals surface area contributed by atoms with Crippen LogP contribution in [-0.4, -0.2) is 31.1 Å². The zero-order chi connectivity index (χ0) is 12.1. The SMILES string of the molecule is COC(=O)C=CN1CCC(c2ccccc2)C1. The molecular weight excluding hydrogens is 214 g/mol. The minimum absolute atomic E-state index is 0.298. The van der Waals surface area contributed by atoms with E-state index >= 15 is 0 Å². The smallest absolute Gasteiger partial charge is 0.331 e. The molecule has 90 valence electrons. The van der Waals surface area contributed by atoms with Crippen molar-refractivity contribution < 1.29 is 9.53 Å². The molecule has 0 amide bonds. The molecule has 1 fully saturated rings. The van der Waals surface area contributed by atoms with Crippen molar-refractivity contribution in [2.75, 3.05) is 20.2 Å². The number of benzene rings is 1. The number of likely N-dealkylation sites (tertiary alicyclic amines) is 1. The minimum Gasteiger partial charge on any atom is -0.466 e. The minimum atomic E-state index is -0.298. The van der Waals surface area contributed by atoms with E-state index in [9.17, 15) is 4.79 Å². The third-order valence-corrected chi connectivity index (χ3v) is 3.11. The van der Waals surface area contributed by atoms with Crippen molar-refractivity contribution in [3.63, 3.8) is 0 Å². The van der Waals surface area contributed by atoms with Gasteiger partial charge in [-0.1, -0.05) is 30.3 Å². The Bertz CT molecular complexity index is 400. The summed E-state index contributed by atoms with van der Waals surface area (Å²) in [6.45, 7) is 1.96. The molecule has 1 aliphatic rings. The second-order valence-electron chi connectivity index (χ2n) is 4.23. The van der Waals surface area contributed by atoms with E-state index in [1.165, 1.54) is 18.7 Å². The van der Waals surface area contributed by atoms with Gasteiger partial charge in [-0.05, 0) is 12.0 Å². The Morgan fingerprint density at radius 1 is 1.41 bits per heavy atom. The van der Waals surface area contributed by atoms with Crippen LogP contribution in [0.5, 0.6) is 0 Å². The number of methoxy groups -OCH3 is 1. The van der Waals surface area contributed by atoms with Crippen molar-refractivity contribution in [2.24, 2.45) is 0 Å². The molecule has 0 aliphatic carbocycles. The molecule has 1 aromatic rings. The first-order chi connectivity index (χ1) is 8.29. The van der Waals surface area contributed by atoms with Crippen LogP contribution >= 0.6 is 0 Å². The van der Waals surface area contributed by atoms with Crippen molar-refractivity contribution in [1.29, 1.82) is 0 Å². The van der Waals surface area contributed by atoms with Gasteiger partial charge in [-0.2, -0.15) is 0 Å². The standard InChI is InChI=1S/C14H17NO2/c1-17-14(16)8-10-15-9-7-13(11-15)12-5-3-2-4-6-12/h2-6,8,10,13H,7,9,11H2,1H3. The van der Waals surface area contributed by atoms with Crippen LogP contribution in [0.1, 0.15) is 17.9 Å². The molecule has 0 saturated carbocycles. The summed E-state index contributed by atoms with van der Waals surface area (Å²) in [6, 6.07) is 10.5. The molecule has 0 radical (unpaired) electrons.